The van der Waals surface area contributed by atoms with Gasteiger partial charge < -0.3 is 14.7 Å². The predicted molar refractivity (Wildman–Crippen MR) is 66.9 cm³/mol. The molecular weight excluding hydrogens is 234 g/mol. The Morgan fingerprint density at radius 1 is 1.39 bits per heavy atom. The minimum atomic E-state index is -0.409. The summed E-state index contributed by atoms with van der Waals surface area (Å²) in [5, 5.41) is 8.71. The molecule has 0 aromatic carbocycles. The maximum Gasteiger partial charge on any atom is 0.328 e. The highest BCUT2D eigenvalue weighted by Crippen LogP contribution is 2.20. The van der Waals surface area contributed by atoms with Gasteiger partial charge in [0.1, 0.15) is 6.04 Å². The fourth-order valence-electron chi connectivity index (χ4n) is 2.10. The Balaban J connectivity index is 2.43. The van der Waals surface area contributed by atoms with E-state index in [1.54, 1.807) is 4.90 Å². The number of hydrogen-bond donors (Lipinski definition) is 1. The second-order valence-corrected chi connectivity index (χ2v) is 4.59. The van der Waals surface area contributed by atoms with Gasteiger partial charge in [-0.25, -0.2) is 4.79 Å². The Labute approximate surface area is 108 Å². The number of carbonyl (C=O) groups excluding carboxylic acids is 2. The summed E-state index contributed by atoms with van der Waals surface area (Å²) in [7, 11) is 0. The molecular formula is C13H23NO4. The van der Waals surface area contributed by atoms with E-state index in [4.69, 9.17) is 9.84 Å². The van der Waals surface area contributed by atoms with Gasteiger partial charge in [0.2, 0.25) is 5.91 Å². The van der Waals surface area contributed by atoms with Crippen LogP contribution in [0.3, 0.4) is 0 Å². The molecule has 1 unspecified atom stereocenters. The fraction of sp³-hybridized carbons (Fsp3) is 0.846. The monoisotopic (exact) mass is 257 g/mol. The van der Waals surface area contributed by atoms with Crippen LogP contribution in [-0.2, 0) is 14.3 Å². The van der Waals surface area contributed by atoms with Crippen molar-refractivity contribution in [3.05, 3.63) is 0 Å². The molecule has 1 amide bonds. The van der Waals surface area contributed by atoms with Gasteiger partial charge in [0.05, 0.1) is 6.61 Å². The smallest absolute Gasteiger partial charge is 0.328 e. The third-order valence-electron chi connectivity index (χ3n) is 3.14. The van der Waals surface area contributed by atoms with Gasteiger partial charge in [-0.2, -0.15) is 0 Å². The highest BCUT2D eigenvalue weighted by atomic mass is 16.5. The van der Waals surface area contributed by atoms with Crippen molar-refractivity contribution >= 4 is 11.9 Å². The lowest BCUT2D eigenvalue weighted by Gasteiger charge is -2.23. The van der Waals surface area contributed by atoms with Gasteiger partial charge in [0.25, 0.3) is 0 Å². The van der Waals surface area contributed by atoms with Gasteiger partial charge in [-0.05, 0) is 25.7 Å². The van der Waals surface area contributed by atoms with Crippen LogP contribution in [0.2, 0.25) is 0 Å². The van der Waals surface area contributed by atoms with E-state index >= 15 is 0 Å². The number of hydrogen-bond acceptors (Lipinski definition) is 4. The summed E-state index contributed by atoms with van der Waals surface area (Å²) >= 11 is 0. The first-order valence-corrected chi connectivity index (χ1v) is 6.77. The zero-order valence-corrected chi connectivity index (χ0v) is 11.1. The van der Waals surface area contributed by atoms with Crippen LogP contribution in [0, 0.1) is 0 Å². The number of likely N-dealkylation sites (tertiary alicyclic amines) is 1. The molecule has 104 valence electrons. The van der Waals surface area contributed by atoms with E-state index in [-0.39, 0.29) is 18.5 Å². The minimum absolute atomic E-state index is 0.00515. The molecule has 0 radical (unpaired) electrons. The number of amides is 1. The average molecular weight is 257 g/mol. The van der Waals surface area contributed by atoms with E-state index in [0.29, 0.717) is 32.4 Å². The van der Waals surface area contributed by atoms with Crippen LogP contribution in [-0.4, -0.2) is 47.7 Å². The van der Waals surface area contributed by atoms with Crippen molar-refractivity contribution in [2.24, 2.45) is 0 Å². The molecule has 1 aliphatic rings. The number of rotatable bonds is 7. The standard InChI is InChI=1S/C13H23NO4/c1-2-3-10-18-13(17)11-6-4-8-14(11)12(16)7-5-9-15/h11,15H,2-10H2,1H3. The number of nitrogens with zero attached hydrogens (tertiary/aromatic N) is 1. The topological polar surface area (TPSA) is 66.8 Å². The van der Waals surface area contributed by atoms with Crippen LogP contribution in [0.1, 0.15) is 45.4 Å². The summed E-state index contributed by atoms with van der Waals surface area (Å²) in [6, 6.07) is -0.409. The Morgan fingerprint density at radius 2 is 2.17 bits per heavy atom. The predicted octanol–water partition coefficient (Wildman–Crippen LogP) is 1.09. The van der Waals surface area contributed by atoms with Crippen molar-refractivity contribution in [1.82, 2.24) is 4.90 Å². The van der Waals surface area contributed by atoms with Crippen molar-refractivity contribution in [1.29, 1.82) is 0 Å². The quantitative estimate of drug-likeness (QED) is 0.547. The number of ether oxygens (including phenoxy) is 1. The summed E-state index contributed by atoms with van der Waals surface area (Å²) in [4.78, 5) is 25.3. The molecule has 1 atom stereocenters. The first-order chi connectivity index (χ1) is 8.70. The van der Waals surface area contributed by atoms with Crippen molar-refractivity contribution in [2.75, 3.05) is 19.8 Å². The van der Waals surface area contributed by atoms with Gasteiger partial charge in [0.15, 0.2) is 0 Å². The summed E-state index contributed by atoms with van der Waals surface area (Å²) in [5.41, 5.74) is 0. The number of aliphatic hydroxyl groups excluding tert-OH is 1. The highest BCUT2D eigenvalue weighted by molar-refractivity contribution is 5.85. The van der Waals surface area contributed by atoms with Crippen molar-refractivity contribution in [3.8, 4) is 0 Å². The van der Waals surface area contributed by atoms with Crippen LogP contribution in [0.25, 0.3) is 0 Å². The number of unbranched alkanes of at least 4 members (excludes halogenated alkanes) is 1. The SMILES string of the molecule is CCCCOC(=O)C1CCCN1C(=O)CCCO. The average Bonchev–Trinajstić information content (AvgIpc) is 2.85. The largest absolute Gasteiger partial charge is 0.464 e. The van der Waals surface area contributed by atoms with Crippen LogP contribution in [0.15, 0.2) is 0 Å². The molecule has 1 heterocycles. The zero-order valence-electron chi connectivity index (χ0n) is 11.1. The summed E-state index contributed by atoms with van der Waals surface area (Å²) in [6.07, 6.45) is 4.13. The molecule has 1 aliphatic heterocycles. The van der Waals surface area contributed by atoms with Gasteiger partial charge >= 0.3 is 5.97 Å². The molecule has 0 aromatic heterocycles. The first-order valence-electron chi connectivity index (χ1n) is 6.77. The van der Waals surface area contributed by atoms with Crippen LogP contribution < -0.4 is 0 Å². The second-order valence-electron chi connectivity index (χ2n) is 4.59. The number of aliphatic hydroxyl groups is 1. The van der Waals surface area contributed by atoms with E-state index in [0.717, 1.165) is 19.3 Å². The van der Waals surface area contributed by atoms with Crippen LogP contribution in [0.4, 0.5) is 0 Å². The van der Waals surface area contributed by atoms with E-state index in [9.17, 15) is 9.59 Å². The Hall–Kier alpha value is -1.10. The third-order valence-corrected chi connectivity index (χ3v) is 3.14. The molecule has 0 aromatic rings. The Kier molecular flexibility index (Phi) is 6.72. The van der Waals surface area contributed by atoms with E-state index < -0.39 is 6.04 Å². The van der Waals surface area contributed by atoms with Crippen LogP contribution >= 0.6 is 0 Å². The van der Waals surface area contributed by atoms with Gasteiger partial charge in [-0.1, -0.05) is 13.3 Å². The van der Waals surface area contributed by atoms with E-state index in [2.05, 4.69) is 0 Å². The molecule has 18 heavy (non-hydrogen) atoms. The van der Waals surface area contributed by atoms with Crippen molar-refractivity contribution in [3.63, 3.8) is 0 Å². The fourth-order valence-corrected chi connectivity index (χ4v) is 2.10. The molecule has 1 fully saturated rings. The molecule has 0 aliphatic carbocycles. The molecule has 1 rings (SSSR count). The molecule has 1 saturated heterocycles. The number of esters is 1. The highest BCUT2D eigenvalue weighted by Gasteiger charge is 2.34. The van der Waals surface area contributed by atoms with Gasteiger partial charge in [0, 0.05) is 19.6 Å². The van der Waals surface area contributed by atoms with Crippen molar-refractivity contribution in [2.45, 2.75) is 51.5 Å². The zero-order chi connectivity index (χ0) is 13.4. The van der Waals surface area contributed by atoms with Gasteiger partial charge in [-0.15, -0.1) is 0 Å². The molecule has 0 saturated carbocycles. The van der Waals surface area contributed by atoms with Gasteiger partial charge in [-0.3, -0.25) is 4.79 Å². The minimum Gasteiger partial charge on any atom is -0.464 e. The van der Waals surface area contributed by atoms with Crippen LogP contribution in [0.5, 0.6) is 0 Å². The maximum atomic E-state index is 11.9. The molecule has 5 nitrogen and oxygen atoms in total. The molecule has 0 bridgehead atoms. The maximum absolute atomic E-state index is 11.9. The van der Waals surface area contributed by atoms with E-state index in [1.165, 1.54) is 0 Å². The second kappa shape index (κ2) is 8.08. The summed E-state index contributed by atoms with van der Waals surface area (Å²) in [5.74, 6) is -0.336. The third kappa shape index (κ3) is 4.29. The summed E-state index contributed by atoms with van der Waals surface area (Å²) in [6.45, 7) is 3.10. The number of carbonyl (C=O) groups is 2. The normalized spacial score (nSPS) is 19.0. The molecule has 0 spiro atoms. The van der Waals surface area contributed by atoms with E-state index in [1.807, 2.05) is 6.92 Å². The lowest BCUT2D eigenvalue weighted by molar-refractivity contribution is -0.153. The first kappa shape index (κ1) is 15.0. The molecule has 5 heteroatoms. The summed E-state index contributed by atoms with van der Waals surface area (Å²) < 4.78 is 5.17. The molecule has 1 N–H and O–H groups in total. The Morgan fingerprint density at radius 3 is 2.83 bits per heavy atom. The van der Waals surface area contributed by atoms with Crippen molar-refractivity contribution < 1.29 is 19.4 Å². The lowest BCUT2D eigenvalue weighted by atomic mass is 10.2. The lowest BCUT2D eigenvalue weighted by Crippen LogP contribution is -2.41. The Bertz CT molecular complexity index is 280.